The lowest BCUT2D eigenvalue weighted by atomic mass is 9.33. The molecule has 0 amide bonds. The Morgan fingerprint density at radius 1 is 0.219 bits per heavy atom. The summed E-state index contributed by atoms with van der Waals surface area (Å²) in [6, 6.07) is 169. The third kappa shape index (κ3) is 12.1. The van der Waals surface area contributed by atoms with Crippen LogP contribution in [0.5, 0.6) is 0 Å². The van der Waals surface area contributed by atoms with Crippen molar-refractivity contribution in [2.24, 2.45) is 0 Å². The molecule has 0 N–H and O–H groups in total. The smallest absolute Gasteiger partial charge is 0.252 e. The molecule has 0 spiro atoms. The summed E-state index contributed by atoms with van der Waals surface area (Å²) >= 11 is 0. The van der Waals surface area contributed by atoms with Gasteiger partial charge in [-0.05, 0) is 243 Å². The molecule has 0 saturated heterocycles. The topological polar surface area (TPSA) is 16.3 Å². The highest BCUT2D eigenvalue weighted by Crippen LogP contribution is 2.60. The van der Waals surface area contributed by atoms with Crippen LogP contribution in [-0.2, 0) is 16.2 Å². The fraction of sp³-hybridized carbons (Fsp3) is 0.0732. The summed E-state index contributed by atoms with van der Waals surface area (Å²) in [6.07, 6.45) is 0. The van der Waals surface area contributed by atoms with E-state index >= 15 is 0 Å². The third-order valence-corrected chi connectivity index (χ3v) is 27.6. The Balaban J connectivity index is 0.923. The Bertz CT molecular complexity index is 7780. The van der Waals surface area contributed by atoms with E-state index in [0.29, 0.717) is 0 Å². The highest BCUT2D eigenvalue weighted by molar-refractivity contribution is 7.00. The molecule has 19 aromatic carbocycles. The summed E-state index contributed by atoms with van der Waals surface area (Å²) in [5, 5.41) is 4.68. The summed E-state index contributed by atoms with van der Waals surface area (Å²) in [4.78, 5) is 5.57. The van der Waals surface area contributed by atoms with Crippen LogP contribution in [0.4, 0.5) is 34.1 Å². The molecule has 0 bridgehead atoms. The first-order valence-corrected chi connectivity index (χ1v) is 45.0. The minimum Gasteiger partial charge on any atom is -0.310 e. The van der Waals surface area contributed by atoms with Gasteiger partial charge < -0.3 is 18.9 Å². The van der Waals surface area contributed by atoms with Gasteiger partial charge in [-0.1, -0.05) is 369 Å². The van der Waals surface area contributed by atoms with Crippen molar-refractivity contribution in [3.8, 4) is 100 Å². The van der Waals surface area contributed by atoms with Crippen LogP contribution >= 0.6 is 0 Å². The molecule has 0 unspecified atom stereocenters. The number of rotatable bonds is 13. The molecule has 0 fully saturated rings. The Morgan fingerprint density at radius 3 is 0.992 bits per heavy atom. The molecule has 606 valence electrons. The number of hydrogen-bond acceptors (Lipinski definition) is 2. The Morgan fingerprint density at radius 2 is 0.562 bits per heavy atom. The molecule has 4 nitrogen and oxygen atoms in total. The van der Waals surface area contributed by atoms with Gasteiger partial charge in [0.15, 0.2) is 0 Å². The normalized spacial score (nSPS) is 13.1. The molecular formula is C123H91BN4. The minimum atomic E-state index is -0.629. The lowest BCUT2D eigenvalue weighted by molar-refractivity contribution is 0.590. The van der Waals surface area contributed by atoms with E-state index in [4.69, 9.17) is 0 Å². The molecule has 0 saturated carbocycles. The van der Waals surface area contributed by atoms with E-state index in [1.165, 1.54) is 77.1 Å². The van der Waals surface area contributed by atoms with Crippen LogP contribution in [-0.4, -0.2) is 15.8 Å². The maximum Gasteiger partial charge on any atom is 0.252 e. The quantitative estimate of drug-likeness (QED) is 0.107. The van der Waals surface area contributed by atoms with Crippen LogP contribution in [0.2, 0.25) is 0 Å². The van der Waals surface area contributed by atoms with Gasteiger partial charge in [-0.3, -0.25) is 0 Å². The molecule has 1 aliphatic carbocycles. The van der Waals surface area contributed by atoms with E-state index < -0.39 is 12.1 Å². The van der Waals surface area contributed by atoms with Crippen molar-refractivity contribution < 1.29 is 0 Å². The average Bonchev–Trinajstić information content (AvgIpc) is 1.12. The second-order valence-corrected chi connectivity index (χ2v) is 37.0. The van der Waals surface area contributed by atoms with Crippen molar-refractivity contribution in [1.29, 1.82) is 0 Å². The van der Waals surface area contributed by atoms with E-state index in [1.807, 2.05) is 0 Å². The van der Waals surface area contributed by atoms with Crippen molar-refractivity contribution >= 4 is 101 Å². The molecule has 21 aromatic rings. The van der Waals surface area contributed by atoms with Gasteiger partial charge >= 0.3 is 0 Å². The van der Waals surface area contributed by atoms with Gasteiger partial charge in [0.2, 0.25) is 0 Å². The second kappa shape index (κ2) is 29.8. The van der Waals surface area contributed by atoms with Gasteiger partial charge in [0, 0.05) is 77.9 Å². The number of nitrogens with zero attached hydrogens (tertiary/aromatic N) is 4. The molecule has 3 aliphatic rings. The summed E-state index contributed by atoms with van der Waals surface area (Å²) < 4.78 is 5.06. The van der Waals surface area contributed by atoms with Crippen LogP contribution < -0.4 is 26.2 Å². The maximum atomic E-state index is 2.80. The minimum absolute atomic E-state index is 0.261. The summed E-state index contributed by atoms with van der Waals surface area (Å²) in [5.74, 6) is 0. The zero-order valence-corrected chi connectivity index (χ0v) is 72.5. The molecule has 24 rings (SSSR count). The van der Waals surface area contributed by atoms with Gasteiger partial charge in [-0.2, -0.15) is 0 Å². The van der Waals surface area contributed by atoms with E-state index in [1.54, 1.807) is 0 Å². The standard InChI is InChI=1S/C123H91BN4/c1-121(2,3)92-72-99(82-43-19-9-20-44-82)119(100(73-92)83-45-21-10-22-46-83)127-114-76-104-97-60-32-35-63-110(97)125(94-55-27-13-28-56-94)112(104)78-108(114)124-109-79-113-105(98-61-33-36-64-111(98)126(113)95-57-29-14-30-58-95)77-115(109)128(117-71-89(70-116(127)118(117)124)86-65-66-107-103(69-86)96-59-31-34-62-106(96)123(107,90-51-23-11-24-52-90)91-53-25-12-26-54-91)120-101(87-49-37-47-84(67-87)80-39-15-7-16-40-80)74-93(122(4,5)6)75-102(120)88-50-38-48-85(68-88)81-41-17-8-18-42-81/h7-79H,1-6H3. The lowest BCUT2D eigenvalue weighted by Crippen LogP contribution is -2.61. The molecule has 4 heterocycles. The largest absolute Gasteiger partial charge is 0.310 e. The fourth-order valence-corrected chi connectivity index (χ4v) is 21.6. The monoisotopic (exact) mass is 1630 g/mol. The number of fused-ring (bicyclic) bond motifs is 13. The first kappa shape index (κ1) is 76.1. The zero-order chi connectivity index (χ0) is 85.7. The first-order valence-electron chi connectivity index (χ1n) is 45.0. The maximum absolute atomic E-state index is 2.80. The van der Waals surface area contributed by atoms with Gasteiger partial charge in [-0.25, -0.2) is 0 Å². The Kier molecular flexibility index (Phi) is 17.7. The van der Waals surface area contributed by atoms with Crippen LogP contribution in [0.25, 0.3) is 144 Å². The Hall–Kier alpha value is -15.6. The van der Waals surface area contributed by atoms with Gasteiger partial charge in [-0.15, -0.1) is 0 Å². The third-order valence-electron chi connectivity index (χ3n) is 27.6. The van der Waals surface area contributed by atoms with Crippen molar-refractivity contribution in [2.75, 3.05) is 9.80 Å². The highest BCUT2D eigenvalue weighted by atomic mass is 15.2. The summed E-state index contributed by atoms with van der Waals surface area (Å²) in [5.41, 5.74) is 41.4. The van der Waals surface area contributed by atoms with Crippen LogP contribution in [0.15, 0.2) is 443 Å². The molecule has 5 heteroatoms. The molecule has 0 atom stereocenters. The number of para-hydroxylation sites is 4. The van der Waals surface area contributed by atoms with Crippen molar-refractivity contribution in [2.45, 2.75) is 57.8 Å². The summed E-state index contributed by atoms with van der Waals surface area (Å²) in [7, 11) is 0. The molecule has 2 aromatic heterocycles. The van der Waals surface area contributed by atoms with E-state index in [-0.39, 0.29) is 10.8 Å². The summed E-state index contributed by atoms with van der Waals surface area (Å²) in [6.45, 7) is 13.9. The van der Waals surface area contributed by atoms with Gasteiger partial charge in [0.25, 0.3) is 6.71 Å². The van der Waals surface area contributed by atoms with Crippen LogP contribution in [0.3, 0.4) is 0 Å². The SMILES string of the molecule is CC(C)(C)c1cc(-c2ccccc2)c(N2c3cc4c5ccccc5n(-c5ccccc5)c4cc3B3c4cc5c(cc4N(c4c(-c6cccc(-c7ccccc7)c6)cc(C(C)(C)C)cc4-c4cccc(-c6ccccc6)c4)c4cc(-c6ccc7c(c6)-c6ccccc6C7(c6ccccc6)c6ccccc6)cc2c43)c2ccccc2n5-c2ccccc2)c(-c2ccccc2)c1. The molecule has 0 radical (unpaired) electrons. The average molecular weight is 1640 g/mol. The second-order valence-electron chi connectivity index (χ2n) is 37.0. The number of aromatic nitrogens is 2. The number of hydrogen-bond donors (Lipinski definition) is 0. The number of benzene rings is 19. The van der Waals surface area contributed by atoms with E-state index in [9.17, 15) is 0 Å². The van der Waals surface area contributed by atoms with Crippen molar-refractivity contribution in [3.05, 3.63) is 476 Å². The van der Waals surface area contributed by atoms with Gasteiger partial charge in [0.1, 0.15) is 0 Å². The predicted molar refractivity (Wildman–Crippen MR) is 542 cm³/mol. The first-order chi connectivity index (χ1) is 62.8. The van der Waals surface area contributed by atoms with Gasteiger partial charge in [0.05, 0.1) is 38.9 Å². The Labute approximate surface area is 749 Å². The van der Waals surface area contributed by atoms with E-state index in [0.717, 1.165) is 151 Å². The molecule has 128 heavy (non-hydrogen) atoms. The molecular weight excluding hydrogens is 1540 g/mol. The van der Waals surface area contributed by atoms with Crippen molar-refractivity contribution in [1.82, 2.24) is 9.13 Å². The fourth-order valence-electron chi connectivity index (χ4n) is 21.6. The lowest BCUT2D eigenvalue weighted by Gasteiger charge is -2.46. The van der Waals surface area contributed by atoms with Crippen LogP contribution in [0.1, 0.15) is 74.9 Å². The zero-order valence-electron chi connectivity index (χ0n) is 72.5. The van der Waals surface area contributed by atoms with Crippen molar-refractivity contribution in [3.63, 3.8) is 0 Å². The van der Waals surface area contributed by atoms with Crippen LogP contribution in [0, 0.1) is 0 Å². The van der Waals surface area contributed by atoms with E-state index in [2.05, 4.69) is 503 Å². The number of anilines is 6. The predicted octanol–water partition coefficient (Wildman–Crippen LogP) is 30.6. The molecule has 2 aliphatic heterocycles. The highest BCUT2D eigenvalue weighted by Gasteiger charge is 2.49.